The van der Waals surface area contributed by atoms with Crippen molar-refractivity contribution in [1.82, 2.24) is 0 Å². The molecule has 0 aliphatic carbocycles. The Balaban J connectivity index is 5.24. The number of rotatable bonds is 83. The van der Waals surface area contributed by atoms with Crippen LogP contribution in [0.15, 0.2) is 0 Å². The smallest absolute Gasteiger partial charge is 0.462 e. The number of aliphatic hydroxyl groups is 1. The number of carbonyl (C=O) groups excluding carboxylic acids is 4. The molecule has 17 nitrogen and oxygen atoms in total. The third-order valence-electron chi connectivity index (χ3n) is 19.9. The lowest BCUT2D eigenvalue weighted by atomic mass is 10.0. The lowest BCUT2D eigenvalue weighted by Gasteiger charge is -2.21. The first kappa shape index (κ1) is 102. The predicted molar refractivity (Wildman–Crippen MR) is 428 cm³/mol. The molecule has 0 saturated heterocycles. The van der Waals surface area contributed by atoms with Crippen LogP contribution in [0, 0.1) is 17.8 Å². The highest BCUT2D eigenvalue weighted by atomic mass is 31.2. The molecular formula is C85H166O17P2. The van der Waals surface area contributed by atoms with Gasteiger partial charge in [-0.2, -0.15) is 0 Å². The van der Waals surface area contributed by atoms with Gasteiger partial charge in [-0.1, -0.05) is 395 Å². The summed E-state index contributed by atoms with van der Waals surface area (Å²) in [6, 6.07) is 0. The predicted octanol–water partition coefficient (Wildman–Crippen LogP) is 25.7. The van der Waals surface area contributed by atoms with E-state index in [2.05, 4.69) is 48.5 Å². The highest BCUT2D eigenvalue weighted by Gasteiger charge is 2.30. The van der Waals surface area contributed by atoms with Gasteiger partial charge >= 0.3 is 39.5 Å². The van der Waals surface area contributed by atoms with Gasteiger partial charge in [-0.25, -0.2) is 9.13 Å². The third kappa shape index (κ3) is 78.2. The fraction of sp³-hybridized carbons (Fsp3) is 0.953. The molecule has 0 saturated carbocycles. The van der Waals surface area contributed by atoms with E-state index < -0.39 is 97.5 Å². The van der Waals surface area contributed by atoms with E-state index in [9.17, 15) is 43.2 Å². The van der Waals surface area contributed by atoms with Gasteiger partial charge in [-0.3, -0.25) is 37.3 Å². The minimum atomic E-state index is -4.97. The lowest BCUT2D eigenvalue weighted by molar-refractivity contribution is -0.161. The molecule has 0 bridgehead atoms. The van der Waals surface area contributed by atoms with Crippen LogP contribution in [-0.4, -0.2) is 96.7 Å². The molecule has 0 fully saturated rings. The van der Waals surface area contributed by atoms with E-state index in [-0.39, 0.29) is 25.7 Å². The average Bonchev–Trinajstić information content (AvgIpc) is 0.923. The summed E-state index contributed by atoms with van der Waals surface area (Å²) < 4.78 is 68.9. The van der Waals surface area contributed by atoms with Crippen LogP contribution < -0.4 is 0 Å². The molecule has 104 heavy (non-hydrogen) atoms. The zero-order chi connectivity index (χ0) is 76.5. The van der Waals surface area contributed by atoms with Gasteiger partial charge in [-0.05, 0) is 43.4 Å². The van der Waals surface area contributed by atoms with Crippen LogP contribution in [0.1, 0.15) is 447 Å². The Hall–Kier alpha value is -1.94. The van der Waals surface area contributed by atoms with Gasteiger partial charge in [0.2, 0.25) is 0 Å². The van der Waals surface area contributed by atoms with Crippen molar-refractivity contribution in [3.8, 4) is 0 Å². The Labute approximate surface area is 638 Å². The molecule has 0 spiro atoms. The maximum Gasteiger partial charge on any atom is 0.472 e. The fourth-order valence-electron chi connectivity index (χ4n) is 13.2. The number of phosphoric ester groups is 2. The molecule has 0 radical (unpaired) electrons. The molecule has 19 heteroatoms. The summed E-state index contributed by atoms with van der Waals surface area (Å²) in [5.74, 6) is 0.274. The van der Waals surface area contributed by atoms with Gasteiger partial charge in [0.05, 0.1) is 26.4 Å². The molecule has 0 aromatic heterocycles. The van der Waals surface area contributed by atoms with Gasteiger partial charge in [0, 0.05) is 25.7 Å². The summed E-state index contributed by atoms with van der Waals surface area (Å²) >= 11 is 0. The van der Waals surface area contributed by atoms with Gasteiger partial charge in [-0.15, -0.1) is 0 Å². The fourth-order valence-corrected chi connectivity index (χ4v) is 14.8. The summed E-state index contributed by atoms with van der Waals surface area (Å²) in [5, 5.41) is 10.7. The Bertz CT molecular complexity index is 2010. The van der Waals surface area contributed by atoms with Crippen molar-refractivity contribution >= 4 is 39.5 Å². The summed E-state index contributed by atoms with van der Waals surface area (Å²) in [6.07, 6.45) is 65.2. The molecular weight excluding hydrogens is 1350 g/mol. The van der Waals surface area contributed by atoms with Crippen LogP contribution in [0.3, 0.4) is 0 Å². The molecule has 0 aliphatic heterocycles. The molecule has 0 aliphatic rings. The van der Waals surface area contributed by atoms with Crippen molar-refractivity contribution in [3.05, 3.63) is 0 Å². The van der Waals surface area contributed by atoms with Gasteiger partial charge in [0.15, 0.2) is 12.2 Å². The third-order valence-corrected chi connectivity index (χ3v) is 21.8. The van der Waals surface area contributed by atoms with E-state index in [1.807, 2.05) is 0 Å². The topological polar surface area (TPSA) is 237 Å². The van der Waals surface area contributed by atoms with E-state index in [0.29, 0.717) is 25.7 Å². The number of carbonyl (C=O) groups is 4. The number of hydrogen-bond acceptors (Lipinski definition) is 15. The van der Waals surface area contributed by atoms with E-state index >= 15 is 0 Å². The van der Waals surface area contributed by atoms with Crippen LogP contribution >= 0.6 is 15.6 Å². The Morgan fingerprint density at radius 2 is 0.442 bits per heavy atom. The first-order valence-corrected chi connectivity index (χ1v) is 46.8. The Morgan fingerprint density at radius 1 is 0.260 bits per heavy atom. The summed E-state index contributed by atoms with van der Waals surface area (Å²) in [5.41, 5.74) is 0. The van der Waals surface area contributed by atoms with Gasteiger partial charge < -0.3 is 33.8 Å². The minimum Gasteiger partial charge on any atom is -0.462 e. The SMILES string of the molecule is CCCCCCCCCCCCCCC(=O)OC[C@H](COP(=O)(O)OC[C@H](O)COP(=O)(O)OC[C@@H](COC(=O)CCCCCCCCCCCCCCCCCC(C)C)OC(=O)CCCCCCCCCCCCCCCCCCCCC(C)C)OC(=O)CCCCCCCCCCCCC(C)C. The highest BCUT2D eigenvalue weighted by molar-refractivity contribution is 7.47. The maximum atomic E-state index is 13.1. The zero-order valence-corrected chi connectivity index (χ0v) is 70.3. The van der Waals surface area contributed by atoms with E-state index in [0.717, 1.165) is 108 Å². The molecule has 0 heterocycles. The molecule has 0 aromatic rings. The number of hydrogen-bond donors (Lipinski definition) is 3. The highest BCUT2D eigenvalue weighted by Crippen LogP contribution is 2.45. The van der Waals surface area contributed by atoms with Crippen molar-refractivity contribution in [2.45, 2.75) is 465 Å². The Morgan fingerprint density at radius 3 is 0.654 bits per heavy atom. The molecule has 5 atom stereocenters. The van der Waals surface area contributed by atoms with Crippen molar-refractivity contribution in [2.24, 2.45) is 17.8 Å². The second-order valence-corrected chi connectivity index (χ2v) is 34.9. The maximum absolute atomic E-state index is 13.1. The number of phosphoric acid groups is 2. The van der Waals surface area contributed by atoms with Crippen LogP contribution in [0.25, 0.3) is 0 Å². The molecule has 0 rings (SSSR count). The molecule has 618 valence electrons. The van der Waals surface area contributed by atoms with E-state index in [4.69, 9.17) is 37.0 Å². The van der Waals surface area contributed by atoms with Gasteiger partial charge in [0.25, 0.3) is 0 Å². The zero-order valence-electron chi connectivity index (χ0n) is 68.5. The number of unbranched alkanes of at least 4 members (excludes halogenated alkanes) is 51. The quantitative estimate of drug-likeness (QED) is 0.0222. The summed E-state index contributed by atoms with van der Waals surface area (Å²) in [6.45, 7) is 12.0. The van der Waals surface area contributed by atoms with Crippen molar-refractivity contribution in [2.75, 3.05) is 39.6 Å². The first-order valence-electron chi connectivity index (χ1n) is 43.8. The van der Waals surface area contributed by atoms with E-state index in [1.54, 1.807) is 0 Å². The Kier molecular flexibility index (Phi) is 73.7. The monoisotopic (exact) mass is 1520 g/mol. The lowest BCUT2D eigenvalue weighted by Crippen LogP contribution is -2.30. The second kappa shape index (κ2) is 75.1. The summed E-state index contributed by atoms with van der Waals surface area (Å²) in [7, 11) is -9.93. The van der Waals surface area contributed by atoms with Crippen LogP contribution in [-0.2, 0) is 65.4 Å². The second-order valence-electron chi connectivity index (χ2n) is 32.0. The molecule has 2 unspecified atom stereocenters. The normalized spacial score (nSPS) is 13.9. The molecule has 3 N–H and O–H groups in total. The van der Waals surface area contributed by atoms with Crippen molar-refractivity contribution in [1.29, 1.82) is 0 Å². The largest absolute Gasteiger partial charge is 0.472 e. The number of aliphatic hydroxyl groups excluding tert-OH is 1. The number of ether oxygens (including phenoxy) is 4. The van der Waals surface area contributed by atoms with Crippen LogP contribution in [0.2, 0.25) is 0 Å². The molecule has 0 aromatic carbocycles. The summed E-state index contributed by atoms with van der Waals surface area (Å²) in [4.78, 5) is 73.2. The first-order chi connectivity index (χ1) is 50.2. The molecule has 0 amide bonds. The standard InChI is InChI=1S/C85H166O17P2/c1-8-9-10-11-12-13-14-30-38-45-52-59-66-82(87)95-73-81(102-85(90)69-62-55-48-41-34-33-37-44-51-58-65-78(6)7)75-100-104(93,94)98-71-79(86)70-97-103(91,92)99-74-80(72-96-83(88)67-60-53-46-39-31-26-23-19-21-25-29-36-43-50-57-64-77(4)5)101-84(89)68-61-54-47-40-32-27-22-18-16-15-17-20-24-28-35-42-49-56-63-76(2)3/h76-81,86H,8-75H2,1-7H3,(H,91,92)(H,93,94)/t79-,80-,81-/m1/s1. The van der Waals surface area contributed by atoms with Crippen LogP contribution in [0.5, 0.6) is 0 Å². The van der Waals surface area contributed by atoms with Gasteiger partial charge in [0.1, 0.15) is 19.3 Å². The number of esters is 4. The van der Waals surface area contributed by atoms with E-state index in [1.165, 1.54) is 257 Å². The average molecular weight is 1520 g/mol. The van der Waals surface area contributed by atoms with Crippen molar-refractivity contribution in [3.63, 3.8) is 0 Å². The minimum absolute atomic E-state index is 0.106. The van der Waals surface area contributed by atoms with Crippen LogP contribution in [0.4, 0.5) is 0 Å². The van der Waals surface area contributed by atoms with Crippen molar-refractivity contribution < 1.29 is 80.2 Å².